The number of nitrogens with zero attached hydrogens (tertiary/aromatic N) is 2. The van der Waals surface area contributed by atoms with E-state index in [1.807, 2.05) is 4.90 Å². The molecule has 0 radical (unpaired) electrons. The molecular formula is C24H37BrN2O2. The molecule has 1 atom stereocenters. The molecule has 3 rings (SSSR count). The number of hydrogen-bond acceptors (Lipinski definition) is 3. The summed E-state index contributed by atoms with van der Waals surface area (Å²) in [5.74, 6) is 2.65. The van der Waals surface area contributed by atoms with Crippen LogP contribution < -0.4 is 4.74 Å². The van der Waals surface area contributed by atoms with Crippen molar-refractivity contribution in [2.45, 2.75) is 65.4 Å². The number of likely N-dealkylation sites (tertiary alicyclic amines) is 2. The lowest BCUT2D eigenvalue weighted by molar-refractivity contribution is -0.130. The van der Waals surface area contributed by atoms with Crippen molar-refractivity contribution in [2.24, 2.45) is 11.8 Å². The lowest BCUT2D eigenvalue weighted by Gasteiger charge is -2.35. The standard InChI is InChI=1S/C24H37BrN2O2/c1-18(2)29-23-6-7-24(25)22(16-23)15-20-8-12-26(13-9-20)14-10-21-5-4-11-27(17-21)19(3)28/h6-7,16,18,20-21H,4-5,8-15,17H2,1-3H3. The summed E-state index contributed by atoms with van der Waals surface area (Å²) in [6.07, 6.45) is 7.55. The summed E-state index contributed by atoms with van der Waals surface area (Å²) in [6.45, 7) is 11.4. The molecule has 1 unspecified atom stereocenters. The summed E-state index contributed by atoms with van der Waals surface area (Å²) in [5.41, 5.74) is 1.37. The number of rotatable bonds is 7. The molecule has 0 aliphatic carbocycles. The number of hydrogen-bond donors (Lipinski definition) is 0. The van der Waals surface area contributed by atoms with E-state index in [9.17, 15) is 4.79 Å². The van der Waals surface area contributed by atoms with E-state index in [0.717, 1.165) is 31.2 Å². The van der Waals surface area contributed by atoms with Gasteiger partial charge in [-0.05, 0) is 108 Å². The number of halogens is 1. The van der Waals surface area contributed by atoms with E-state index in [2.05, 4.69) is 52.9 Å². The highest BCUT2D eigenvalue weighted by Crippen LogP contribution is 2.29. The third kappa shape index (κ3) is 6.99. The highest BCUT2D eigenvalue weighted by atomic mass is 79.9. The average molecular weight is 465 g/mol. The first-order valence-electron chi connectivity index (χ1n) is 11.3. The fourth-order valence-electron chi connectivity index (χ4n) is 4.73. The molecule has 2 aliphatic rings. The Bertz CT molecular complexity index is 671. The predicted octanol–water partition coefficient (Wildman–Crippen LogP) is 5.14. The van der Waals surface area contributed by atoms with Gasteiger partial charge in [0.2, 0.25) is 5.91 Å². The molecule has 0 spiro atoms. The van der Waals surface area contributed by atoms with Crippen molar-refractivity contribution in [1.29, 1.82) is 0 Å². The van der Waals surface area contributed by atoms with Crippen molar-refractivity contribution in [3.05, 3.63) is 28.2 Å². The molecule has 2 saturated heterocycles. The van der Waals surface area contributed by atoms with Crippen LogP contribution >= 0.6 is 15.9 Å². The molecular weight excluding hydrogens is 428 g/mol. The first kappa shape index (κ1) is 22.6. The van der Waals surface area contributed by atoms with E-state index in [1.165, 1.54) is 61.8 Å². The summed E-state index contributed by atoms with van der Waals surface area (Å²) in [5, 5.41) is 0. The van der Waals surface area contributed by atoms with Crippen LogP contribution in [0.1, 0.15) is 58.4 Å². The van der Waals surface area contributed by atoms with Gasteiger partial charge in [-0.15, -0.1) is 0 Å². The molecule has 5 heteroatoms. The van der Waals surface area contributed by atoms with E-state index >= 15 is 0 Å². The molecule has 0 N–H and O–H groups in total. The van der Waals surface area contributed by atoms with Crippen LogP contribution in [-0.4, -0.2) is 54.5 Å². The monoisotopic (exact) mass is 464 g/mol. The maximum Gasteiger partial charge on any atom is 0.219 e. The zero-order valence-electron chi connectivity index (χ0n) is 18.3. The van der Waals surface area contributed by atoms with Gasteiger partial charge >= 0.3 is 0 Å². The number of piperidine rings is 2. The second-order valence-corrected chi connectivity index (χ2v) is 10.0. The largest absolute Gasteiger partial charge is 0.491 e. The Hall–Kier alpha value is -1.07. The Morgan fingerprint density at radius 3 is 2.62 bits per heavy atom. The summed E-state index contributed by atoms with van der Waals surface area (Å²) in [6, 6.07) is 6.38. The van der Waals surface area contributed by atoms with Gasteiger partial charge in [-0.1, -0.05) is 15.9 Å². The van der Waals surface area contributed by atoms with Crippen LogP contribution in [0.15, 0.2) is 22.7 Å². The summed E-state index contributed by atoms with van der Waals surface area (Å²) < 4.78 is 7.07. The molecule has 2 fully saturated rings. The minimum Gasteiger partial charge on any atom is -0.491 e. The zero-order chi connectivity index (χ0) is 20.8. The van der Waals surface area contributed by atoms with Gasteiger partial charge in [0.25, 0.3) is 0 Å². The van der Waals surface area contributed by atoms with E-state index in [1.54, 1.807) is 6.92 Å². The van der Waals surface area contributed by atoms with E-state index in [0.29, 0.717) is 5.92 Å². The third-order valence-electron chi connectivity index (χ3n) is 6.42. The third-order valence-corrected chi connectivity index (χ3v) is 7.20. The molecule has 29 heavy (non-hydrogen) atoms. The van der Waals surface area contributed by atoms with Crippen molar-refractivity contribution in [3.8, 4) is 5.75 Å². The highest BCUT2D eigenvalue weighted by molar-refractivity contribution is 9.10. The summed E-state index contributed by atoms with van der Waals surface area (Å²) >= 11 is 3.73. The fraction of sp³-hybridized carbons (Fsp3) is 0.708. The van der Waals surface area contributed by atoms with Crippen molar-refractivity contribution < 1.29 is 9.53 Å². The van der Waals surface area contributed by atoms with E-state index in [4.69, 9.17) is 4.74 Å². The van der Waals surface area contributed by atoms with E-state index in [-0.39, 0.29) is 12.0 Å². The lowest BCUT2D eigenvalue weighted by atomic mass is 9.89. The van der Waals surface area contributed by atoms with Gasteiger partial charge in [0.05, 0.1) is 6.10 Å². The van der Waals surface area contributed by atoms with Gasteiger partial charge in [-0.25, -0.2) is 0 Å². The molecule has 0 bridgehead atoms. The molecule has 1 aromatic carbocycles. The molecule has 1 amide bonds. The van der Waals surface area contributed by atoms with Crippen LogP contribution in [0.5, 0.6) is 5.75 Å². The van der Waals surface area contributed by atoms with Gasteiger partial charge in [0, 0.05) is 24.5 Å². The number of carbonyl (C=O) groups is 1. The number of carbonyl (C=O) groups excluding carboxylic acids is 1. The van der Waals surface area contributed by atoms with E-state index < -0.39 is 0 Å². The molecule has 2 aliphatic heterocycles. The number of amides is 1. The molecule has 162 valence electrons. The molecule has 2 heterocycles. The quantitative estimate of drug-likeness (QED) is 0.559. The Balaban J connectivity index is 1.42. The van der Waals surface area contributed by atoms with Gasteiger partial charge < -0.3 is 14.5 Å². The Morgan fingerprint density at radius 2 is 1.93 bits per heavy atom. The van der Waals surface area contributed by atoms with Gasteiger partial charge in [-0.3, -0.25) is 4.79 Å². The number of ether oxygens (including phenoxy) is 1. The first-order chi connectivity index (χ1) is 13.9. The first-order valence-corrected chi connectivity index (χ1v) is 12.1. The Kier molecular flexibility index (Phi) is 8.43. The van der Waals surface area contributed by atoms with Crippen LogP contribution in [0.25, 0.3) is 0 Å². The van der Waals surface area contributed by atoms with Crippen molar-refractivity contribution in [1.82, 2.24) is 9.80 Å². The van der Waals surface area contributed by atoms with Crippen LogP contribution in [0.2, 0.25) is 0 Å². The normalized spacial score (nSPS) is 21.6. The maximum absolute atomic E-state index is 11.6. The zero-order valence-corrected chi connectivity index (χ0v) is 19.9. The van der Waals surface area contributed by atoms with Gasteiger partial charge in [0.1, 0.15) is 5.75 Å². The van der Waals surface area contributed by atoms with Crippen molar-refractivity contribution >= 4 is 21.8 Å². The van der Waals surface area contributed by atoms with Gasteiger partial charge in [0.15, 0.2) is 0 Å². The molecule has 4 nitrogen and oxygen atoms in total. The summed E-state index contributed by atoms with van der Waals surface area (Å²) in [4.78, 5) is 16.3. The SMILES string of the molecule is CC(=O)N1CCCC(CCN2CCC(Cc3cc(OC(C)C)ccc3Br)CC2)C1. The van der Waals surface area contributed by atoms with Crippen LogP contribution in [0, 0.1) is 11.8 Å². The molecule has 0 saturated carbocycles. The smallest absolute Gasteiger partial charge is 0.219 e. The predicted molar refractivity (Wildman–Crippen MR) is 122 cm³/mol. The lowest BCUT2D eigenvalue weighted by Crippen LogP contribution is -2.41. The van der Waals surface area contributed by atoms with Crippen molar-refractivity contribution in [2.75, 3.05) is 32.7 Å². The Labute approximate surface area is 185 Å². The number of benzene rings is 1. The van der Waals surface area contributed by atoms with Crippen LogP contribution in [0.3, 0.4) is 0 Å². The topological polar surface area (TPSA) is 32.8 Å². The minimum absolute atomic E-state index is 0.207. The summed E-state index contributed by atoms with van der Waals surface area (Å²) in [7, 11) is 0. The van der Waals surface area contributed by atoms with Crippen molar-refractivity contribution in [3.63, 3.8) is 0 Å². The van der Waals surface area contributed by atoms with Gasteiger partial charge in [-0.2, -0.15) is 0 Å². The maximum atomic E-state index is 11.6. The molecule has 1 aromatic rings. The minimum atomic E-state index is 0.207. The second-order valence-electron chi connectivity index (χ2n) is 9.17. The average Bonchev–Trinajstić information content (AvgIpc) is 2.70. The fourth-order valence-corrected chi connectivity index (χ4v) is 5.14. The highest BCUT2D eigenvalue weighted by Gasteiger charge is 2.24. The second kappa shape index (κ2) is 10.8. The van der Waals surface area contributed by atoms with Crippen LogP contribution in [-0.2, 0) is 11.2 Å². The van der Waals surface area contributed by atoms with Crippen LogP contribution in [0.4, 0.5) is 0 Å². The Morgan fingerprint density at radius 1 is 1.17 bits per heavy atom. The molecule has 0 aromatic heterocycles.